The first kappa shape index (κ1) is 20.8. The van der Waals surface area contributed by atoms with E-state index in [1.807, 2.05) is 18.2 Å². The maximum absolute atomic E-state index is 12.6. The Morgan fingerprint density at radius 2 is 2.00 bits per heavy atom. The van der Waals surface area contributed by atoms with E-state index in [0.29, 0.717) is 12.2 Å². The molecule has 2 atom stereocenters. The number of ether oxygens (including phenoxy) is 2. The highest BCUT2D eigenvalue weighted by atomic mass is 32.2. The Labute approximate surface area is 172 Å². The lowest BCUT2D eigenvalue weighted by Crippen LogP contribution is -2.36. The standard InChI is InChI=1S/C20H21N3O5S/c1-27-11-10-22-20(26)18(13-6-8-21-9-7-13)28-17(24)12-16-19(25)23-14-4-2-3-5-15(14)29-16/h2-9,16,18H,10-12H2,1H3,(H,22,26)(H,23,25)/t16-,18-/m1/s1. The number of fused-ring (bicyclic) bond motifs is 1. The van der Waals surface area contributed by atoms with Crippen molar-refractivity contribution in [1.82, 2.24) is 10.3 Å². The van der Waals surface area contributed by atoms with Crippen molar-refractivity contribution in [3.63, 3.8) is 0 Å². The van der Waals surface area contributed by atoms with E-state index in [-0.39, 0.29) is 18.9 Å². The topological polar surface area (TPSA) is 107 Å². The second kappa shape index (κ2) is 10.0. The van der Waals surface area contributed by atoms with E-state index in [9.17, 15) is 14.4 Å². The van der Waals surface area contributed by atoms with Crippen molar-refractivity contribution in [2.24, 2.45) is 0 Å². The minimum Gasteiger partial charge on any atom is -0.447 e. The molecule has 0 fully saturated rings. The minimum atomic E-state index is -1.13. The number of nitrogens with one attached hydrogen (secondary N) is 2. The number of anilines is 1. The number of hydrogen-bond donors (Lipinski definition) is 2. The van der Waals surface area contributed by atoms with Gasteiger partial charge in [-0.05, 0) is 24.3 Å². The molecule has 29 heavy (non-hydrogen) atoms. The van der Waals surface area contributed by atoms with Crippen LogP contribution in [-0.2, 0) is 23.9 Å². The first-order valence-corrected chi connectivity index (χ1v) is 9.89. The number of para-hydroxylation sites is 1. The van der Waals surface area contributed by atoms with Gasteiger partial charge in [-0.15, -0.1) is 11.8 Å². The molecule has 1 aliphatic rings. The number of amides is 2. The van der Waals surface area contributed by atoms with Gasteiger partial charge in [-0.3, -0.25) is 19.4 Å². The average molecular weight is 415 g/mol. The summed E-state index contributed by atoms with van der Waals surface area (Å²) in [4.78, 5) is 42.2. The molecule has 2 N–H and O–H groups in total. The van der Waals surface area contributed by atoms with Gasteiger partial charge in [0.05, 0.1) is 24.0 Å². The van der Waals surface area contributed by atoms with Gasteiger partial charge in [0.1, 0.15) is 0 Å². The lowest BCUT2D eigenvalue weighted by Gasteiger charge is -2.24. The number of esters is 1. The van der Waals surface area contributed by atoms with Crippen molar-refractivity contribution < 1.29 is 23.9 Å². The van der Waals surface area contributed by atoms with E-state index in [0.717, 1.165) is 10.6 Å². The highest BCUT2D eigenvalue weighted by molar-refractivity contribution is 8.01. The fraction of sp³-hybridized carbons (Fsp3) is 0.300. The van der Waals surface area contributed by atoms with Gasteiger partial charge in [0.25, 0.3) is 5.91 Å². The fourth-order valence-corrected chi connectivity index (χ4v) is 3.83. The van der Waals surface area contributed by atoms with Gasteiger partial charge in [0.2, 0.25) is 12.0 Å². The molecule has 0 bridgehead atoms. The third-order valence-corrected chi connectivity index (χ3v) is 5.44. The number of aromatic nitrogens is 1. The summed E-state index contributed by atoms with van der Waals surface area (Å²) >= 11 is 1.30. The molecule has 0 spiro atoms. The number of thioether (sulfide) groups is 1. The van der Waals surface area contributed by atoms with Crippen LogP contribution in [-0.4, -0.2) is 48.3 Å². The Hall–Kier alpha value is -2.91. The Bertz CT molecular complexity index is 877. The SMILES string of the molecule is COCCNC(=O)[C@H](OC(=O)C[C@H]1Sc2ccccc2NC1=O)c1ccncc1. The summed E-state index contributed by atoms with van der Waals surface area (Å²) in [7, 11) is 1.53. The molecule has 0 radical (unpaired) electrons. The van der Waals surface area contributed by atoms with Crippen LogP contribution in [0.5, 0.6) is 0 Å². The maximum atomic E-state index is 12.6. The second-order valence-electron chi connectivity index (χ2n) is 6.23. The maximum Gasteiger partial charge on any atom is 0.308 e. The molecule has 8 nitrogen and oxygen atoms in total. The van der Waals surface area contributed by atoms with Crippen LogP contribution in [0.15, 0.2) is 53.7 Å². The van der Waals surface area contributed by atoms with E-state index >= 15 is 0 Å². The molecule has 0 unspecified atom stereocenters. The van der Waals surface area contributed by atoms with Gasteiger partial charge in [-0.2, -0.15) is 0 Å². The first-order valence-electron chi connectivity index (χ1n) is 9.01. The molecule has 2 heterocycles. The highest BCUT2D eigenvalue weighted by Gasteiger charge is 2.32. The zero-order valence-corrected chi connectivity index (χ0v) is 16.6. The molecule has 9 heteroatoms. The summed E-state index contributed by atoms with van der Waals surface area (Å²) in [6.07, 6.45) is 1.74. The third-order valence-electron chi connectivity index (χ3n) is 4.16. The van der Waals surface area contributed by atoms with Crippen molar-refractivity contribution >= 4 is 35.2 Å². The Balaban J connectivity index is 1.67. The summed E-state index contributed by atoms with van der Waals surface area (Å²) in [5.41, 5.74) is 1.22. The number of pyridine rings is 1. The van der Waals surface area contributed by atoms with E-state index in [1.165, 1.54) is 31.3 Å². The Kier molecular flexibility index (Phi) is 7.20. The van der Waals surface area contributed by atoms with Gasteiger partial charge in [-0.1, -0.05) is 12.1 Å². The monoisotopic (exact) mass is 415 g/mol. The predicted octanol–water partition coefficient (Wildman–Crippen LogP) is 1.93. The number of rotatable bonds is 8. The number of benzene rings is 1. The van der Waals surface area contributed by atoms with Crippen molar-refractivity contribution in [2.45, 2.75) is 22.7 Å². The Morgan fingerprint density at radius 1 is 1.24 bits per heavy atom. The lowest BCUT2D eigenvalue weighted by molar-refractivity contribution is -0.156. The number of methoxy groups -OCH3 is 1. The van der Waals surface area contributed by atoms with Crippen molar-refractivity contribution in [1.29, 1.82) is 0 Å². The average Bonchev–Trinajstić information content (AvgIpc) is 2.73. The smallest absolute Gasteiger partial charge is 0.308 e. The lowest BCUT2D eigenvalue weighted by atomic mass is 10.1. The molecule has 3 rings (SSSR count). The molecule has 152 valence electrons. The van der Waals surface area contributed by atoms with Crippen LogP contribution >= 0.6 is 11.8 Å². The van der Waals surface area contributed by atoms with E-state index in [4.69, 9.17) is 9.47 Å². The van der Waals surface area contributed by atoms with Crippen LogP contribution in [0.4, 0.5) is 5.69 Å². The number of hydrogen-bond acceptors (Lipinski definition) is 7. The molecular weight excluding hydrogens is 394 g/mol. The molecule has 1 aromatic heterocycles. The largest absolute Gasteiger partial charge is 0.447 e. The van der Waals surface area contributed by atoms with Crippen LogP contribution in [0.3, 0.4) is 0 Å². The molecule has 0 saturated carbocycles. The molecule has 0 aliphatic carbocycles. The molecule has 1 aromatic carbocycles. The molecule has 0 saturated heterocycles. The molecule has 1 aliphatic heterocycles. The number of carbonyl (C=O) groups excluding carboxylic acids is 3. The number of nitrogens with zero attached hydrogens (tertiary/aromatic N) is 1. The van der Waals surface area contributed by atoms with Crippen LogP contribution in [0.2, 0.25) is 0 Å². The molecule has 2 aromatic rings. The van der Waals surface area contributed by atoms with Crippen LogP contribution in [0.1, 0.15) is 18.1 Å². The van der Waals surface area contributed by atoms with Gasteiger partial charge < -0.3 is 20.1 Å². The highest BCUT2D eigenvalue weighted by Crippen LogP contribution is 2.37. The van der Waals surface area contributed by atoms with Crippen LogP contribution in [0.25, 0.3) is 0 Å². The van der Waals surface area contributed by atoms with Crippen LogP contribution < -0.4 is 10.6 Å². The third kappa shape index (κ3) is 5.55. The van der Waals surface area contributed by atoms with Gasteiger partial charge in [0.15, 0.2) is 0 Å². The van der Waals surface area contributed by atoms with E-state index < -0.39 is 23.2 Å². The van der Waals surface area contributed by atoms with Crippen LogP contribution in [0, 0.1) is 0 Å². The normalized spacial score (nSPS) is 16.3. The summed E-state index contributed by atoms with van der Waals surface area (Å²) in [5, 5.41) is 4.82. The Morgan fingerprint density at radius 3 is 2.76 bits per heavy atom. The summed E-state index contributed by atoms with van der Waals surface area (Å²) in [6, 6.07) is 10.6. The quantitative estimate of drug-likeness (QED) is 0.501. The van der Waals surface area contributed by atoms with Gasteiger partial charge >= 0.3 is 5.97 Å². The predicted molar refractivity (Wildman–Crippen MR) is 107 cm³/mol. The van der Waals surface area contributed by atoms with E-state index in [2.05, 4.69) is 15.6 Å². The van der Waals surface area contributed by atoms with E-state index in [1.54, 1.807) is 18.2 Å². The van der Waals surface area contributed by atoms with Gasteiger partial charge in [0, 0.05) is 36.5 Å². The van der Waals surface area contributed by atoms with Crippen molar-refractivity contribution in [2.75, 3.05) is 25.6 Å². The zero-order valence-electron chi connectivity index (χ0n) is 15.8. The summed E-state index contributed by atoms with van der Waals surface area (Å²) in [5.74, 6) is -1.37. The second-order valence-corrected chi connectivity index (χ2v) is 7.47. The summed E-state index contributed by atoms with van der Waals surface area (Å²) < 4.78 is 10.4. The number of carbonyl (C=O) groups is 3. The first-order chi connectivity index (χ1) is 14.1. The summed E-state index contributed by atoms with van der Waals surface area (Å²) in [6.45, 7) is 0.618. The molecule has 2 amide bonds. The molecular formula is C20H21N3O5S. The zero-order chi connectivity index (χ0) is 20.6. The van der Waals surface area contributed by atoms with Crippen molar-refractivity contribution in [3.8, 4) is 0 Å². The van der Waals surface area contributed by atoms with Gasteiger partial charge in [-0.25, -0.2) is 0 Å². The minimum absolute atomic E-state index is 0.155. The fourth-order valence-electron chi connectivity index (χ4n) is 2.74. The van der Waals surface area contributed by atoms with Crippen molar-refractivity contribution in [3.05, 3.63) is 54.4 Å².